The van der Waals surface area contributed by atoms with Gasteiger partial charge in [0.2, 0.25) is 0 Å². The SMILES string of the molecule is CCN1CCC[C@@H]1CN(C)C(=O)c1ccccc1N. The molecule has 4 nitrogen and oxygen atoms in total. The molecule has 1 aromatic rings. The minimum Gasteiger partial charge on any atom is -0.398 e. The van der Waals surface area contributed by atoms with E-state index in [-0.39, 0.29) is 5.91 Å². The van der Waals surface area contributed by atoms with Gasteiger partial charge in [0, 0.05) is 25.3 Å². The fourth-order valence-electron chi connectivity index (χ4n) is 2.81. The predicted molar refractivity (Wildman–Crippen MR) is 78.1 cm³/mol. The number of likely N-dealkylation sites (N-methyl/N-ethyl adjacent to an activating group) is 2. The summed E-state index contributed by atoms with van der Waals surface area (Å²) in [5.74, 6) is 0.0149. The summed E-state index contributed by atoms with van der Waals surface area (Å²) in [7, 11) is 1.86. The van der Waals surface area contributed by atoms with Crippen LogP contribution in [-0.4, -0.2) is 48.4 Å². The number of amides is 1. The summed E-state index contributed by atoms with van der Waals surface area (Å²) in [5.41, 5.74) is 7.02. The number of hydrogen-bond acceptors (Lipinski definition) is 3. The number of likely N-dealkylation sites (tertiary alicyclic amines) is 1. The molecule has 0 unspecified atom stereocenters. The summed E-state index contributed by atoms with van der Waals surface area (Å²) < 4.78 is 0. The van der Waals surface area contributed by atoms with Gasteiger partial charge in [0.15, 0.2) is 0 Å². The highest BCUT2D eigenvalue weighted by molar-refractivity contribution is 5.98. The Morgan fingerprint density at radius 1 is 1.47 bits per heavy atom. The van der Waals surface area contributed by atoms with Crippen molar-refractivity contribution in [3.05, 3.63) is 29.8 Å². The molecule has 0 saturated carbocycles. The highest BCUT2D eigenvalue weighted by Crippen LogP contribution is 2.19. The predicted octanol–water partition coefficient (Wildman–Crippen LogP) is 1.83. The molecule has 0 radical (unpaired) electrons. The van der Waals surface area contributed by atoms with Crippen molar-refractivity contribution < 1.29 is 4.79 Å². The van der Waals surface area contributed by atoms with Gasteiger partial charge >= 0.3 is 0 Å². The minimum absolute atomic E-state index is 0.0149. The van der Waals surface area contributed by atoms with Crippen LogP contribution in [0.15, 0.2) is 24.3 Å². The summed E-state index contributed by atoms with van der Waals surface area (Å²) in [5, 5.41) is 0. The second-order valence-electron chi connectivity index (χ2n) is 5.20. The lowest BCUT2D eigenvalue weighted by molar-refractivity contribution is 0.0755. The van der Waals surface area contributed by atoms with E-state index in [4.69, 9.17) is 5.73 Å². The van der Waals surface area contributed by atoms with E-state index in [1.165, 1.54) is 12.8 Å². The molecule has 1 aliphatic rings. The Bertz CT molecular complexity index is 447. The van der Waals surface area contributed by atoms with E-state index in [1.54, 1.807) is 17.0 Å². The van der Waals surface area contributed by atoms with Crippen LogP contribution in [0.2, 0.25) is 0 Å². The van der Waals surface area contributed by atoms with Gasteiger partial charge in [-0.3, -0.25) is 9.69 Å². The van der Waals surface area contributed by atoms with Crippen molar-refractivity contribution >= 4 is 11.6 Å². The molecule has 0 aromatic heterocycles. The van der Waals surface area contributed by atoms with E-state index < -0.39 is 0 Å². The number of para-hydroxylation sites is 1. The lowest BCUT2D eigenvalue weighted by atomic mass is 10.1. The van der Waals surface area contributed by atoms with Gasteiger partial charge in [-0.15, -0.1) is 0 Å². The summed E-state index contributed by atoms with van der Waals surface area (Å²) in [6, 6.07) is 7.76. The summed E-state index contributed by atoms with van der Waals surface area (Å²) in [4.78, 5) is 16.6. The zero-order chi connectivity index (χ0) is 13.8. The highest BCUT2D eigenvalue weighted by Gasteiger charge is 2.26. The van der Waals surface area contributed by atoms with E-state index in [0.717, 1.165) is 19.6 Å². The number of carbonyl (C=O) groups excluding carboxylic acids is 1. The number of benzene rings is 1. The van der Waals surface area contributed by atoms with E-state index in [9.17, 15) is 4.79 Å². The van der Waals surface area contributed by atoms with Crippen molar-refractivity contribution in [3.63, 3.8) is 0 Å². The molecule has 1 amide bonds. The zero-order valence-corrected chi connectivity index (χ0v) is 11.8. The van der Waals surface area contributed by atoms with Gasteiger partial charge in [-0.25, -0.2) is 0 Å². The van der Waals surface area contributed by atoms with Crippen LogP contribution in [0.5, 0.6) is 0 Å². The van der Waals surface area contributed by atoms with Crippen LogP contribution in [0.1, 0.15) is 30.1 Å². The normalized spacial score (nSPS) is 19.6. The first-order valence-corrected chi connectivity index (χ1v) is 6.97. The highest BCUT2D eigenvalue weighted by atomic mass is 16.2. The zero-order valence-electron chi connectivity index (χ0n) is 11.8. The van der Waals surface area contributed by atoms with Gasteiger partial charge in [-0.2, -0.15) is 0 Å². The standard InChI is InChI=1S/C15H23N3O/c1-3-18-10-6-7-12(18)11-17(2)15(19)13-8-4-5-9-14(13)16/h4-5,8-9,12H,3,6-7,10-11,16H2,1-2H3/t12-/m1/s1. The molecule has 4 heteroatoms. The average molecular weight is 261 g/mol. The Morgan fingerprint density at radius 2 is 2.21 bits per heavy atom. The van der Waals surface area contributed by atoms with Crippen molar-refractivity contribution in [3.8, 4) is 0 Å². The van der Waals surface area contributed by atoms with Crippen LogP contribution in [0.3, 0.4) is 0 Å². The Balaban J connectivity index is 2.02. The second-order valence-corrected chi connectivity index (χ2v) is 5.20. The Morgan fingerprint density at radius 3 is 2.89 bits per heavy atom. The fraction of sp³-hybridized carbons (Fsp3) is 0.533. The quantitative estimate of drug-likeness (QED) is 0.841. The molecule has 19 heavy (non-hydrogen) atoms. The Hall–Kier alpha value is -1.55. The van der Waals surface area contributed by atoms with Crippen molar-refractivity contribution in [2.45, 2.75) is 25.8 Å². The molecule has 0 bridgehead atoms. The Labute approximate surface area is 115 Å². The van der Waals surface area contributed by atoms with E-state index in [2.05, 4.69) is 11.8 Å². The number of carbonyl (C=O) groups is 1. The van der Waals surface area contributed by atoms with Gasteiger partial charge in [0.05, 0.1) is 5.56 Å². The molecule has 1 saturated heterocycles. The van der Waals surface area contributed by atoms with Crippen molar-refractivity contribution in [1.29, 1.82) is 0 Å². The van der Waals surface area contributed by atoms with Crippen LogP contribution < -0.4 is 5.73 Å². The lowest BCUT2D eigenvalue weighted by Crippen LogP contribution is -2.41. The first-order chi connectivity index (χ1) is 9.13. The van der Waals surface area contributed by atoms with Gasteiger partial charge < -0.3 is 10.6 Å². The fourth-order valence-corrected chi connectivity index (χ4v) is 2.81. The number of rotatable bonds is 4. The van der Waals surface area contributed by atoms with Gasteiger partial charge in [-0.05, 0) is 38.1 Å². The molecule has 1 fully saturated rings. The molecule has 2 rings (SSSR count). The average Bonchev–Trinajstić information content (AvgIpc) is 2.85. The first-order valence-electron chi connectivity index (χ1n) is 6.97. The third-order valence-electron chi connectivity index (χ3n) is 3.93. The smallest absolute Gasteiger partial charge is 0.255 e. The van der Waals surface area contributed by atoms with Crippen molar-refractivity contribution in [2.24, 2.45) is 0 Å². The molecule has 1 heterocycles. The van der Waals surface area contributed by atoms with Crippen LogP contribution in [-0.2, 0) is 0 Å². The molecule has 2 N–H and O–H groups in total. The Kier molecular flexibility index (Phi) is 4.43. The van der Waals surface area contributed by atoms with Crippen molar-refractivity contribution in [1.82, 2.24) is 9.80 Å². The molecule has 1 aromatic carbocycles. The first kappa shape index (κ1) is 13.9. The van der Waals surface area contributed by atoms with Crippen LogP contribution >= 0.6 is 0 Å². The van der Waals surface area contributed by atoms with Crippen LogP contribution in [0, 0.1) is 0 Å². The largest absolute Gasteiger partial charge is 0.398 e. The van der Waals surface area contributed by atoms with Crippen LogP contribution in [0.4, 0.5) is 5.69 Å². The molecule has 0 aliphatic carbocycles. The molecule has 104 valence electrons. The van der Waals surface area contributed by atoms with Gasteiger partial charge in [0.1, 0.15) is 0 Å². The van der Waals surface area contributed by atoms with Gasteiger partial charge in [0.25, 0.3) is 5.91 Å². The molecule has 1 aliphatic heterocycles. The summed E-state index contributed by atoms with van der Waals surface area (Å²) >= 11 is 0. The van der Waals surface area contributed by atoms with Crippen molar-refractivity contribution in [2.75, 3.05) is 32.4 Å². The third-order valence-corrected chi connectivity index (χ3v) is 3.93. The molecule has 0 spiro atoms. The maximum absolute atomic E-state index is 12.4. The maximum Gasteiger partial charge on any atom is 0.255 e. The second kappa shape index (κ2) is 6.06. The van der Waals surface area contributed by atoms with E-state index in [1.807, 2.05) is 19.2 Å². The number of nitrogens with two attached hydrogens (primary N) is 1. The number of nitrogens with zero attached hydrogens (tertiary/aromatic N) is 2. The van der Waals surface area contributed by atoms with Crippen LogP contribution in [0.25, 0.3) is 0 Å². The summed E-state index contributed by atoms with van der Waals surface area (Å²) in [6.45, 7) is 5.16. The summed E-state index contributed by atoms with van der Waals surface area (Å²) in [6.07, 6.45) is 2.41. The monoisotopic (exact) mass is 261 g/mol. The van der Waals surface area contributed by atoms with E-state index in [0.29, 0.717) is 17.3 Å². The van der Waals surface area contributed by atoms with E-state index >= 15 is 0 Å². The number of hydrogen-bond donors (Lipinski definition) is 1. The lowest BCUT2D eigenvalue weighted by Gasteiger charge is -2.28. The number of anilines is 1. The molecular weight excluding hydrogens is 238 g/mol. The molecular formula is C15H23N3O. The van der Waals surface area contributed by atoms with Gasteiger partial charge in [-0.1, -0.05) is 19.1 Å². The number of nitrogen functional groups attached to an aromatic ring is 1. The minimum atomic E-state index is 0.0149. The topological polar surface area (TPSA) is 49.6 Å². The maximum atomic E-state index is 12.4. The third kappa shape index (κ3) is 3.07. The molecule has 1 atom stereocenters.